The average Bonchev–Trinajstić information content (AvgIpc) is 2.45. The lowest BCUT2D eigenvalue weighted by Crippen LogP contribution is -2.06. The highest BCUT2D eigenvalue weighted by molar-refractivity contribution is 5.89. The molecule has 4 N–H and O–H groups in total. The number of nitrogens with one attached hydrogen (secondary N) is 2. The fraction of sp³-hybridized carbons (Fsp3) is 0.188. The number of amides is 1. The van der Waals surface area contributed by atoms with Gasteiger partial charge in [-0.05, 0) is 23.8 Å². The van der Waals surface area contributed by atoms with Crippen molar-refractivity contribution in [1.82, 2.24) is 0 Å². The molecule has 2 rings (SSSR count). The van der Waals surface area contributed by atoms with Crippen LogP contribution >= 0.6 is 0 Å². The number of carbonyl (C=O) groups is 1. The van der Waals surface area contributed by atoms with Crippen LogP contribution in [0.2, 0.25) is 0 Å². The van der Waals surface area contributed by atoms with Crippen LogP contribution in [0.1, 0.15) is 24.3 Å². The number of benzene rings is 2. The van der Waals surface area contributed by atoms with Gasteiger partial charge in [0.15, 0.2) is 6.29 Å². The van der Waals surface area contributed by atoms with E-state index in [4.69, 9.17) is 10.2 Å². The summed E-state index contributed by atoms with van der Waals surface area (Å²) in [5, 5.41) is 24.0. The van der Waals surface area contributed by atoms with Gasteiger partial charge in [0.05, 0.1) is 0 Å². The van der Waals surface area contributed by atoms with Gasteiger partial charge in [0.1, 0.15) is 0 Å². The zero-order chi connectivity index (χ0) is 15.2. The number of hydrogen-bond donors (Lipinski definition) is 4. The van der Waals surface area contributed by atoms with Gasteiger partial charge in [0.25, 0.3) is 0 Å². The summed E-state index contributed by atoms with van der Waals surface area (Å²) in [7, 11) is 0. The van der Waals surface area contributed by atoms with Gasteiger partial charge in [-0.1, -0.05) is 30.3 Å². The topological polar surface area (TPSA) is 81.6 Å². The molecule has 21 heavy (non-hydrogen) atoms. The van der Waals surface area contributed by atoms with Gasteiger partial charge < -0.3 is 20.8 Å². The first kappa shape index (κ1) is 15.0. The van der Waals surface area contributed by atoms with Crippen molar-refractivity contribution in [3.63, 3.8) is 0 Å². The lowest BCUT2D eigenvalue weighted by Gasteiger charge is -2.10. The third-order valence-electron chi connectivity index (χ3n) is 2.96. The van der Waals surface area contributed by atoms with E-state index in [2.05, 4.69) is 10.6 Å². The van der Waals surface area contributed by atoms with Crippen LogP contribution in [-0.2, 0) is 11.3 Å². The Balaban J connectivity index is 1.97. The Labute approximate surface area is 123 Å². The smallest absolute Gasteiger partial charge is 0.221 e. The van der Waals surface area contributed by atoms with Crippen molar-refractivity contribution in [3.8, 4) is 0 Å². The van der Waals surface area contributed by atoms with Gasteiger partial charge in [-0.3, -0.25) is 4.79 Å². The number of rotatable bonds is 5. The van der Waals surface area contributed by atoms with Gasteiger partial charge in [0.2, 0.25) is 5.91 Å². The maximum Gasteiger partial charge on any atom is 0.221 e. The lowest BCUT2D eigenvalue weighted by molar-refractivity contribution is -0.114. The maximum atomic E-state index is 11.0. The van der Waals surface area contributed by atoms with Crippen LogP contribution in [0, 0.1) is 0 Å². The molecule has 0 unspecified atom stereocenters. The Kier molecular flexibility index (Phi) is 4.92. The van der Waals surface area contributed by atoms with Crippen LogP contribution in [0.25, 0.3) is 0 Å². The second kappa shape index (κ2) is 6.88. The number of aliphatic hydroxyl groups is 2. The fourth-order valence-electron chi connectivity index (χ4n) is 1.92. The van der Waals surface area contributed by atoms with Crippen molar-refractivity contribution < 1.29 is 15.0 Å². The predicted octanol–water partition coefficient (Wildman–Crippen LogP) is 2.24. The maximum absolute atomic E-state index is 11.0. The fourth-order valence-corrected chi connectivity index (χ4v) is 1.92. The molecule has 1 amide bonds. The molecular weight excluding hydrogens is 268 g/mol. The van der Waals surface area contributed by atoms with E-state index in [0.717, 1.165) is 16.9 Å². The Morgan fingerprint density at radius 2 is 1.76 bits per heavy atom. The van der Waals surface area contributed by atoms with E-state index in [1.807, 2.05) is 36.4 Å². The zero-order valence-electron chi connectivity index (χ0n) is 11.7. The van der Waals surface area contributed by atoms with Crippen LogP contribution in [-0.4, -0.2) is 16.1 Å². The largest absolute Gasteiger partial charge is 0.381 e. The first-order valence-electron chi connectivity index (χ1n) is 6.61. The van der Waals surface area contributed by atoms with E-state index in [1.54, 1.807) is 12.1 Å². The molecule has 2 aromatic rings. The van der Waals surface area contributed by atoms with E-state index >= 15 is 0 Å². The summed E-state index contributed by atoms with van der Waals surface area (Å²) in [5.74, 6) is -0.106. The summed E-state index contributed by atoms with van der Waals surface area (Å²) in [6, 6.07) is 14.5. The standard InChI is InChI=1S/C16H18N2O3/c1-11(19)18-15-4-2-3-14(9-15)17-10-12-5-7-13(8-6-12)16(20)21/h2-9,16-17,20-21H,10H2,1H3,(H,18,19). The summed E-state index contributed by atoms with van der Waals surface area (Å²) in [5.41, 5.74) is 3.12. The zero-order valence-corrected chi connectivity index (χ0v) is 11.7. The molecule has 0 aliphatic heterocycles. The molecule has 110 valence electrons. The molecule has 0 bridgehead atoms. The van der Waals surface area contributed by atoms with Gasteiger partial charge in [0, 0.05) is 30.4 Å². The highest BCUT2D eigenvalue weighted by Crippen LogP contribution is 2.17. The van der Waals surface area contributed by atoms with E-state index in [0.29, 0.717) is 12.1 Å². The minimum atomic E-state index is -1.44. The molecule has 0 radical (unpaired) electrons. The Morgan fingerprint density at radius 1 is 1.10 bits per heavy atom. The second-order valence-electron chi connectivity index (χ2n) is 4.73. The van der Waals surface area contributed by atoms with Crippen molar-refractivity contribution in [2.45, 2.75) is 19.8 Å². The lowest BCUT2D eigenvalue weighted by atomic mass is 10.1. The monoisotopic (exact) mass is 286 g/mol. The highest BCUT2D eigenvalue weighted by atomic mass is 16.5. The first-order chi connectivity index (χ1) is 10.0. The molecule has 0 saturated carbocycles. The molecule has 2 aromatic carbocycles. The average molecular weight is 286 g/mol. The van der Waals surface area contributed by atoms with Crippen molar-refractivity contribution in [2.24, 2.45) is 0 Å². The van der Waals surface area contributed by atoms with E-state index < -0.39 is 6.29 Å². The molecule has 0 spiro atoms. The summed E-state index contributed by atoms with van der Waals surface area (Å²) in [6.45, 7) is 2.07. The Bertz CT molecular complexity index is 609. The van der Waals surface area contributed by atoms with Crippen LogP contribution in [0.4, 0.5) is 11.4 Å². The minimum absolute atomic E-state index is 0.106. The highest BCUT2D eigenvalue weighted by Gasteiger charge is 2.02. The normalized spacial score (nSPS) is 10.5. The summed E-state index contributed by atoms with van der Waals surface area (Å²) >= 11 is 0. The molecule has 5 nitrogen and oxygen atoms in total. The van der Waals surface area contributed by atoms with Crippen LogP contribution in [0.5, 0.6) is 0 Å². The first-order valence-corrected chi connectivity index (χ1v) is 6.61. The molecule has 0 heterocycles. The molecule has 0 saturated heterocycles. The molecule has 0 aliphatic rings. The summed E-state index contributed by atoms with van der Waals surface area (Å²) in [4.78, 5) is 11.0. The van der Waals surface area contributed by atoms with Crippen molar-refractivity contribution in [2.75, 3.05) is 10.6 Å². The van der Waals surface area contributed by atoms with Crippen molar-refractivity contribution in [1.29, 1.82) is 0 Å². The quantitative estimate of drug-likeness (QED) is 0.635. The Morgan fingerprint density at radius 3 is 2.38 bits per heavy atom. The molecule has 0 fully saturated rings. The third kappa shape index (κ3) is 4.59. The van der Waals surface area contributed by atoms with Crippen LogP contribution < -0.4 is 10.6 Å². The van der Waals surface area contributed by atoms with Crippen molar-refractivity contribution in [3.05, 3.63) is 59.7 Å². The number of aliphatic hydroxyl groups excluding tert-OH is 1. The van der Waals surface area contributed by atoms with Gasteiger partial charge in [-0.15, -0.1) is 0 Å². The molecule has 0 aromatic heterocycles. The van der Waals surface area contributed by atoms with Crippen LogP contribution in [0.15, 0.2) is 48.5 Å². The van der Waals surface area contributed by atoms with Gasteiger partial charge in [-0.2, -0.15) is 0 Å². The summed E-state index contributed by atoms with van der Waals surface area (Å²) in [6.07, 6.45) is -1.44. The SMILES string of the molecule is CC(=O)Nc1cccc(NCc2ccc(C(O)O)cc2)c1. The summed E-state index contributed by atoms with van der Waals surface area (Å²) < 4.78 is 0. The molecular formula is C16H18N2O3. The van der Waals surface area contributed by atoms with Crippen LogP contribution in [0.3, 0.4) is 0 Å². The van der Waals surface area contributed by atoms with E-state index in [9.17, 15) is 4.79 Å². The van der Waals surface area contributed by atoms with Gasteiger partial charge >= 0.3 is 0 Å². The number of carbonyl (C=O) groups excluding carboxylic acids is 1. The molecule has 0 atom stereocenters. The van der Waals surface area contributed by atoms with Crippen molar-refractivity contribution >= 4 is 17.3 Å². The molecule has 0 aliphatic carbocycles. The Hall–Kier alpha value is -2.37. The second-order valence-corrected chi connectivity index (χ2v) is 4.73. The third-order valence-corrected chi connectivity index (χ3v) is 2.96. The predicted molar refractivity (Wildman–Crippen MR) is 81.7 cm³/mol. The number of hydrogen-bond acceptors (Lipinski definition) is 4. The van der Waals surface area contributed by atoms with E-state index in [1.165, 1.54) is 6.92 Å². The molecule has 5 heteroatoms. The van der Waals surface area contributed by atoms with Gasteiger partial charge in [-0.25, -0.2) is 0 Å². The van der Waals surface area contributed by atoms with E-state index in [-0.39, 0.29) is 5.91 Å². The minimum Gasteiger partial charge on any atom is -0.381 e. The number of anilines is 2.